The molecule has 0 spiro atoms. The number of nitrogens with one attached hydrogen (secondary N) is 1. The van der Waals surface area contributed by atoms with E-state index in [1.54, 1.807) is 18.0 Å². The Morgan fingerprint density at radius 1 is 1.39 bits per heavy atom. The van der Waals surface area contributed by atoms with Gasteiger partial charge in [0, 0.05) is 21.4 Å². The molecule has 0 saturated carbocycles. The van der Waals surface area contributed by atoms with Crippen LogP contribution in [0.5, 0.6) is 5.75 Å². The number of rotatable bonds is 5. The van der Waals surface area contributed by atoms with Crippen molar-refractivity contribution < 1.29 is 5.11 Å². The molecule has 4 heteroatoms. The van der Waals surface area contributed by atoms with Crippen LogP contribution in [0, 0.1) is 0 Å². The predicted octanol–water partition coefficient (Wildman–Crippen LogP) is 4.92. The van der Waals surface area contributed by atoms with Gasteiger partial charge in [-0.15, -0.1) is 0 Å². The molecule has 0 aliphatic carbocycles. The molecule has 0 fully saturated rings. The first-order valence-electron chi connectivity index (χ1n) is 6.25. The van der Waals surface area contributed by atoms with Crippen LogP contribution in [0.4, 0.5) is 0 Å². The lowest BCUT2D eigenvalue weighted by Gasteiger charge is -2.24. The van der Waals surface area contributed by atoms with Gasteiger partial charge in [-0.05, 0) is 39.3 Å². The summed E-state index contributed by atoms with van der Waals surface area (Å²) in [6.45, 7) is 8.63. The van der Waals surface area contributed by atoms with Gasteiger partial charge in [-0.25, -0.2) is 0 Å². The van der Waals surface area contributed by atoms with Gasteiger partial charge in [0.25, 0.3) is 0 Å². The van der Waals surface area contributed by atoms with E-state index < -0.39 is 0 Å². The van der Waals surface area contributed by atoms with Crippen molar-refractivity contribution in [1.82, 2.24) is 4.72 Å². The Morgan fingerprint density at radius 3 is 2.56 bits per heavy atom. The molecule has 0 aliphatic rings. The summed E-state index contributed by atoms with van der Waals surface area (Å²) < 4.78 is 3.60. The molecular formula is C14H22ClNOS. The molecule has 2 nitrogen and oxygen atoms in total. The monoisotopic (exact) mass is 287 g/mol. The highest BCUT2D eigenvalue weighted by molar-refractivity contribution is 7.98. The standard InChI is InChI=1S/C14H22ClNOS/c1-5-6-12(16-18-14(2,3)4)11-8-7-10(15)9-13(11)17/h7-9,12,16-17H,5-6H2,1-4H3. The predicted molar refractivity (Wildman–Crippen MR) is 81.2 cm³/mol. The van der Waals surface area contributed by atoms with E-state index in [4.69, 9.17) is 11.6 Å². The third kappa shape index (κ3) is 5.09. The van der Waals surface area contributed by atoms with Gasteiger partial charge in [0.1, 0.15) is 5.75 Å². The van der Waals surface area contributed by atoms with E-state index >= 15 is 0 Å². The summed E-state index contributed by atoms with van der Waals surface area (Å²) in [7, 11) is 0. The molecule has 18 heavy (non-hydrogen) atoms. The van der Waals surface area contributed by atoms with Gasteiger partial charge in [-0.1, -0.05) is 43.0 Å². The van der Waals surface area contributed by atoms with Crippen LogP contribution in [0.15, 0.2) is 18.2 Å². The van der Waals surface area contributed by atoms with Crippen molar-refractivity contribution in [2.45, 2.75) is 51.3 Å². The first-order chi connectivity index (χ1) is 8.33. The number of phenolic OH excluding ortho intramolecular Hbond substituents is 1. The second-order valence-corrected chi connectivity index (χ2v) is 7.48. The lowest BCUT2D eigenvalue weighted by Crippen LogP contribution is -2.21. The van der Waals surface area contributed by atoms with E-state index in [2.05, 4.69) is 32.4 Å². The maximum absolute atomic E-state index is 9.98. The van der Waals surface area contributed by atoms with Gasteiger partial charge in [0.2, 0.25) is 0 Å². The number of aromatic hydroxyl groups is 1. The summed E-state index contributed by atoms with van der Waals surface area (Å²) in [5.74, 6) is 0.267. The normalized spacial score (nSPS) is 13.6. The maximum atomic E-state index is 9.98. The summed E-state index contributed by atoms with van der Waals surface area (Å²) in [5, 5.41) is 10.5. The van der Waals surface area contributed by atoms with Crippen LogP contribution >= 0.6 is 23.5 Å². The van der Waals surface area contributed by atoms with Crippen LogP contribution < -0.4 is 4.72 Å². The summed E-state index contributed by atoms with van der Waals surface area (Å²) in [5.41, 5.74) is 0.915. The Labute approximate surface area is 119 Å². The highest BCUT2D eigenvalue weighted by Gasteiger charge is 2.18. The Hall–Kier alpha value is -0.380. The summed E-state index contributed by atoms with van der Waals surface area (Å²) in [4.78, 5) is 0. The summed E-state index contributed by atoms with van der Waals surface area (Å²) in [6.07, 6.45) is 2.04. The summed E-state index contributed by atoms with van der Waals surface area (Å²) in [6, 6.07) is 5.47. The molecule has 0 bridgehead atoms. The van der Waals surface area contributed by atoms with Crippen molar-refractivity contribution in [3.63, 3.8) is 0 Å². The molecule has 1 unspecified atom stereocenters. The van der Waals surface area contributed by atoms with E-state index in [1.165, 1.54) is 0 Å². The van der Waals surface area contributed by atoms with E-state index in [0.717, 1.165) is 18.4 Å². The number of benzene rings is 1. The van der Waals surface area contributed by atoms with Crippen molar-refractivity contribution in [3.8, 4) is 5.75 Å². The van der Waals surface area contributed by atoms with Crippen molar-refractivity contribution in [1.29, 1.82) is 0 Å². The molecule has 0 saturated heterocycles. The van der Waals surface area contributed by atoms with Crippen LogP contribution in [-0.2, 0) is 0 Å². The molecule has 0 amide bonds. The fourth-order valence-electron chi connectivity index (χ4n) is 1.63. The maximum Gasteiger partial charge on any atom is 0.121 e. The third-order valence-electron chi connectivity index (χ3n) is 2.45. The quantitative estimate of drug-likeness (QED) is 0.754. The first kappa shape index (κ1) is 15.7. The minimum atomic E-state index is 0.147. The van der Waals surface area contributed by atoms with Crippen molar-refractivity contribution in [2.24, 2.45) is 0 Å². The number of hydrogen-bond acceptors (Lipinski definition) is 3. The Balaban J connectivity index is 2.83. The lowest BCUT2D eigenvalue weighted by atomic mass is 10.0. The van der Waals surface area contributed by atoms with E-state index in [-0.39, 0.29) is 16.5 Å². The minimum Gasteiger partial charge on any atom is -0.508 e. The fourth-order valence-corrected chi connectivity index (χ4v) is 2.53. The van der Waals surface area contributed by atoms with Crippen LogP contribution in [-0.4, -0.2) is 9.85 Å². The van der Waals surface area contributed by atoms with Crippen molar-refractivity contribution in [3.05, 3.63) is 28.8 Å². The average Bonchev–Trinajstić information content (AvgIpc) is 2.24. The largest absolute Gasteiger partial charge is 0.508 e. The zero-order valence-corrected chi connectivity index (χ0v) is 13.0. The third-order valence-corrected chi connectivity index (χ3v) is 3.70. The van der Waals surface area contributed by atoms with Crippen LogP contribution in [0.3, 0.4) is 0 Å². The highest BCUT2D eigenvalue weighted by Crippen LogP contribution is 2.33. The first-order valence-corrected chi connectivity index (χ1v) is 7.45. The van der Waals surface area contributed by atoms with Gasteiger partial charge in [0.15, 0.2) is 0 Å². The van der Waals surface area contributed by atoms with Crippen LogP contribution in [0.25, 0.3) is 0 Å². The van der Waals surface area contributed by atoms with Gasteiger partial charge in [-0.3, -0.25) is 4.72 Å². The second kappa shape index (κ2) is 6.69. The van der Waals surface area contributed by atoms with E-state index in [1.807, 2.05) is 12.1 Å². The minimum absolute atomic E-state index is 0.147. The van der Waals surface area contributed by atoms with Crippen LogP contribution in [0.1, 0.15) is 52.1 Å². The second-order valence-electron chi connectivity index (χ2n) is 5.38. The molecular weight excluding hydrogens is 266 g/mol. The molecule has 0 aromatic heterocycles. The zero-order valence-electron chi connectivity index (χ0n) is 11.5. The van der Waals surface area contributed by atoms with Gasteiger partial charge in [-0.2, -0.15) is 0 Å². The molecule has 102 valence electrons. The van der Waals surface area contributed by atoms with Gasteiger partial charge < -0.3 is 5.11 Å². The summed E-state index contributed by atoms with van der Waals surface area (Å²) >= 11 is 7.56. The molecule has 0 radical (unpaired) electrons. The molecule has 1 rings (SSSR count). The van der Waals surface area contributed by atoms with Crippen molar-refractivity contribution in [2.75, 3.05) is 0 Å². The van der Waals surface area contributed by atoms with Gasteiger partial charge >= 0.3 is 0 Å². The lowest BCUT2D eigenvalue weighted by molar-refractivity contribution is 0.454. The van der Waals surface area contributed by atoms with Gasteiger partial charge in [0.05, 0.1) is 0 Å². The van der Waals surface area contributed by atoms with E-state index in [0.29, 0.717) is 5.02 Å². The van der Waals surface area contributed by atoms with Crippen molar-refractivity contribution >= 4 is 23.5 Å². The molecule has 1 atom stereocenters. The number of halogens is 1. The molecule has 1 aromatic carbocycles. The fraction of sp³-hybridized carbons (Fsp3) is 0.571. The molecule has 0 heterocycles. The highest BCUT2D eigenvalue weighted by atomic mass is 35.5. The average molecular weight is 288 g/mol. The smallest absolute Gasteiger partial charge is 0.121 e. The zero-order chi connectivity index (χ0) is 13.8. The Bertz CT molecular complexity index is 390. The topological polar surface area (TPSA) is 32.3 Å². The molecule has 1 aromatic rings. The number of phenols is 1. The Morgan fingerprint density at radius 2 is 2.06 bits per heavy atom. The van der Waals surface area contributed by atoms with E-state index in [9.17, 15) is 5.11 Å². The van der Waals surface area contributed by atoms with Crippen LogP contribution in [0.2, 0.25) is 5.02 Å². The molecule has 0 aliphatic heterocycles. The Kier molecular flexibility index (Phi) is 5.83. The SMILES string of the molecule is CCCC(NSC(C)(C)C)c1ccc(Cl)cc1O. The molecule has 2 N–H and O–H groups in total. The number of hydrogen-bond donors (Lipinski definition) is 2.